The Bertz CT molecular complexity index is 223. The molecule has 0 fully saturated rings. The SMILES string of the molecule is CCCCCCN(OC(=O)OCC)C(=O)S. The second kappa shape index (κ2) is 9.33. The zero-order valence-electron chi connectivity index (χ0n) is 9.77. The first-order valence-electron chi connectivity index (χ1n) is 5.47. The largest absolute Gasteiger partial charge is 0.533 e. The van der Waals surface area contributed by atoms with Gasteiger partial charge in [-0.1, -0.05) is 38.8 Å². The Morgan fingerprint density at radius 3 is 2.38 bits per heavy atom. The third-order valence-corrected chi connectivity index (χ3v) is 2.10. The van der Waals surface area contributed by atoms with Crippen molar-refractivity contribution in [2.75, 3.05) is 13.2 Å². The van der Waals surface area contributed by atoms with E-state index in [0.29, 0.717) is 6.54 Å². The molecule has 0 bridgehead atoms. The fourth-order valence-electron chi connectivity index (χ4n) is 1.10. The Labute approximate surface area is 101 Å². The summed E-state index contributed by atoms with van der Waals surface area (Å²) in [7, 11) is 0. The van der Waals surface area contributed by atoms with Crippen molar-refractivity contribution in [2.24, 2.45) is 0 Å². The number of amides is 1. The van der Waals surface area contributed by atoms with Crippen molar-refractivity contribution < 1.29 is 19.2 Å². The molecule has 0 aromatic rings. The standard InChI is InChI=1S/C10H19NO4S/c1-3-5-6-7-8-11(9(12)16)15-10(13)14-4-2/h3-8H2,1-2H3,(H,12,16). The highest BCUT2D eigenvalue weighted by molar-refractivity contribution is 7.96. The van der Waals surface area contributed by atoms with E-state index in [9.17, 15) is 9.59 Å². The minimum Gasteiger partial charge on any atom is -0.433 e. The predicted octanol–water partition coefficient (Wildman–Crippen LogP) is 3.01. The third kappa shape index (κ3) is 7.39. The van der Waals surface area contributed by atoms with E-state index in [0.717, 1.165) is 30.7 Å². The molecule has 0 N–H and O–H groups in total. The van der Waals surface area contributed by atoms with Crippen molar-refractivity contribution in [3.63, 3.8) is 0 Å². The molecule has 0 atom stereocenters. The molecule has 0 aromatic heterocycles. The van der Waals surface area contributed by atoms with Crippen LogP contribution in [0, 0.1) is 0 Å². The van der Waals surface area contributed by atoms with Crippen LogP contribution in [0.25, 0.3) is 0 Å². The van der Waals surface area contributed by atoms with Crippen molar-refractivity contribution >= 4 is 24.0 Å². The van der Waals surface area contributed by atoms with Crippen LogP contribution in [-0.4, -0.2) is 29.6 Å². The first-order chi connectivity index (χ1) is 7.61. The summed E-state index contributed by atoms with van der Waals surface area (Å²) in [5.41, 5.74) is 0. The van der Waals surface area contributed by atoms with E-state index in [4.69, 9.17) is 0 Å². The zero-order valence-corrected chi connectivity index (χ0v) is 10.7. The molecule has 1 amide bonds. The molecule has 0 saturated heterocycles. The number of unbranched alkanes of at least 4 members (excludes halogenated alkanes) is 3. The first kappa shape index (κ1) is 15.1. The maximum Gasteiger partial charge on any atom is 0.533 e. The van der Waals surface area contributed by atoms with Crippen LogP contribution in [0.4, 0.5) is 9.59 Å². The van der Waals surface area contributed by atoms with Gasteiger partial charge in [0.05, 0.1) is 13.2 Å². The van der Waals surface area contributed by atoms with E-state index in [1.165, 1.54) is 0 Å². The Kier molecular flexibility index (Phi) is 8.80. The summed E-state index contributed by atoms with van der Waals surface area (Å²) in [6.45, 7) is 4.32. The lowest BCUT2D eigenvalue weighted by Gasteiger charge is -2.17. The lowest BCUT2D eigenvalue weighted by Crippen LogP contribution is -2.31. The number of rotatable bonds is 6. The van der Waals surface area contributed by atoms with Gasteiger partial charge in [0, 0.05) is 0 Å². The molecular formula is C10H19NO4S. The maximum absolute atomic E-state index is 11.0. The second-order valence-corrected chi connectivity index (χ2v) is 3.60. The van der Waals surface area contributed by atoms with Gasteiger partial charge in [-0.2, -0.15) is 5.06 Å². The van der Waals surface area contributed by atoms with Crippen LogP contribution >= 0.6 is 12.6 Å². The normalized spacial score (nSPS) is 9.69. The summed E-state index contributed by atoms with van der Waals surface area (Å²) in [6, 6.07) is 0. The van der Waals surface area contributed by atoms with Crippen LogP contribution in [0.15, 0.2) is 0 Å². The Morgan fingerprint density at radius 1 is 1.19 bits per heavy atom. The van der Waals surface area contributed by atoms with E-state index in [1.807, 2.05) is 0 Å². The average molecular weight is 249 g/mol. The zero-order chi connectivity index (χ0) is 12.4. The first-order valence-corrected chi connectivity index (χ1v) is 5.91. The van der Waals surface area contributed by atoms with Crippen LogP contribution in [0.3, 0.4) is 0 Å². The van der Waals surface area contributed by atoms with Gasteiger partial charge in [-0.25, -0.2) is 4.79 Å². The van der Waals surface area contributed by atoms with Crippen molar-refractivity contribution in [3.05, 3.63) is 0 Å². The van der Waals surface area contributed by atoms with Crippen LogP contribution in [0.5, 0.6) is 0 Å². The quantitative estimate of drug-likeness (QED) is 0.340. The number of hydroxylamine groups is 2. The van der Waals surface area contributed by atoms with Gasteiger partial charge in [0.15, 0.2) is 0 Å². The smallest absolute Gasteiger partial charge is 0.433 e. The second-order valence-electron chi connectivity index (χ2n) is 3.22. The molecule has 0 unspecified atom stereocenters. The van der Waals surface area contributed by atoms with E-state index in [-0.39, 0.29) is 6.61 Å². The summed E-state index contributed by atoms with van der Waals surface area (Å²) in [4.78, 5) is 26.7. The van der Waals surface area contributed by atoms with E-state index in [1.54, 1.807) is 6.92 Å². The molecule has 0 aromatic carbocycles. The van der Waals surface area contributed by atoms with Crippen LogP contribution in [-0.2, 0) is 9.57 Å². The highest BCUT2D eigenvalue weighted by Gasteiger charge is 2.15. The molecule has 0 rings (SSSR count). The Morgan fingerprint density at radius 2 is 1.88 bits per heavy atom. The van der Waals surface area contributed by atoms with E-state index < -0.39 is 11.4 Å². The van der Waals surface area contributed by atoms with Gasteiger partial charge in [0.25, 0.3) is 0 Å². The number of carbonyl (C=O) groups is 2. The molecule has 0 heterocycles. The molecule has 6 heteroatoms. The number of nitrogens with zero attached hydrogens (tertiary/aromatic N) is 1. The molecule has 0 saturated carbocycles. The molecule has 0 aliphatic carbocycles. The number of ether oxygens (including phenoxy) is 1. The maximum atomic E-state index is 11.0. The van der Waals surface area contributed by atoms with Gasteiger partial charge in [-0.15, -0.1) is 0 Å². The summed E-state index contributed by atoms with van der Waals surface area (Å²) in [6.07, 6.45) is 3.09. The van der Waals surface area contributed by atoms with Gasteiger partial charge < -0.3 is 9.57 Å². The van der Waals surface area contributed by atoms with Crippen molar-refractivity contribution in [2.45, 2.75) is 39.5 Å². The van der Waals surface area contributed by atoms with Gasteiger partial charge >= 0.3 is 11.4 Å². The average Bonchev–Trinajstić information content (AvgIpc) is 2.22. The number of thiol groups is 1. The topological polar surface area (TPSA) is 55.8 Å². The van der Waals surface area contributed by atoms with Crippen molar-refractivity contribution in [3.8, 4) is 0 Å². The van der Waals surface area contributed by atoms with Crippen LogP contribution in [0.1, 0.15) is 39.5 Å². The molecule has 5 nitrogen and oxygen atoms in total. The van der Waals surface area contributed by atoms with E-state index >= 15 is 0 Å². The van der Waals surface area contributed by atoms with Crippen LogP contribution < -0.4 is 0 Å². The van der Waals surface area contributed by atoms with Gasteiger partial charge in [-0.3, -0.25) is 4.79 Å². The van der Waals surface area contributed by atoms with Crippen molar-refractivity contribution in [1.82, 2.24) is 5.06 Å². The highest BCUT2D eigenvalue weighted by Crippen LogP contribution is 2.05. The molecule has 16 heavy (non-hydrogen) atoms. The van der Waals surface area contributed by atoms with Crippen molar-refractivity contribution in [1.29, 1.82) is 0 Å². The van der Waals surface area contributed by atoms with Gasteiger partial charge in [-0.05, 0) is 13.3 Å². The minimum atomic E-state index is -0.875. The summed E-state index contributed by atoms with van der Waals surface area (Å²) in [5, 5.41) is 0.320. The Hall–Kier alpha value is -0.910. The highest BCUT2D eigenvalue weighted by atomic mass is 32.1. The van der Waals surface area contributed by atoms with Gasteiger partial charge in [0.1, 0.15) is 0 Å². The Balaban J connectivity index is 3.88. The predicted molar refractivity (Wildman–Crippen MR) is 63.3 cm³/mol. The summed E-state index contributed by atoms with van der Waals surface area (Å²) < 4.78 is 4.56. The fourth-order valence-corrected chi connectivity index (χ4v) is 1.24. The monoisotopic (exact) mass is 249 g/mol. The van der Waals surface area contributed by atoms with Crippen LogP contribution in [0.2, 0.25) is 0 Å². The number of hydrogen-bond donors (Lipinski definition) is 1. The molecule has 0 spiro atoms. The molecule has 0 aliphatic rings. The summed E-state index contributed by atoms with van der Waals surface area (Å²) >= 11 is 3.62. The molecule has 0 aliphatic heterocycles. The lowest BCUT2D eigenvalue weighted by molar-refractivity contribution is -0.0840. The summed E-state index contributed by atoms with van der Waals surface area (Å²) in [5.74, 6) is 0. The minimum absolute atomic E-state index is 0.212. The lowest BCUT2D eigenvalue weighted by atomic mass is 10.2. The number of carbonyl (C=O) groups excluding carboxylic acids is 2. The van der Waals surface area contributed by atoms with E-state index in [2.05, 4.69) is 29.1 Å². The molecular weight excluding hydrogens is 230 g/mol. The molecule has 94 valence electrons. The van der Waals surface area contributed by atoms with Gasteiger partial charge in [0.2, 0.25) is 0 Å². The fraction of sp³-hybridized carbons (Fsp3) is 0.800. The third-order valence-electron chi connectivity index (χ3n) is 1.88. The number of hydrogen-bond acceptors (Lipinski definition) is 4. The molecule has 0 radical (unpaired) electrons.